The number of rotatable bonds is 5. The lowest BCUT2D eigenvalue weighted by Gasteiger charge is -2.28. The molecule has 1 aliphatic heterocycles. The number of benzene rings is 2. The van der Waals surface area contributed by atoms with Gasteiger partial charge in [-0.1, -0.05) is 48.5 Å². The first-order valence-corrected chi connectivity index (χ1v) is 9.34. The third-order valence-corrected chi connectivity index (χ3v) is 5.43. The van der Waals surface area contributed by atoms with Crippen LogP contribution in [0, 0.1) is 0 Å². The van der Waals surface area contributed by atoms with Crippen LogP contribution in [-0.2, 0) is 12.8 Å². The molecule has 0 spiro atoms. The molecule has 0 bridgehead atoms. The van der Waals surface area contributed by atoms with Gasteiger partial charge in [0, 0.05) is 23.0 Å². The Morgan fingerprint density at radius 2 is 1.92 bits per heavy atom. The highest BCUT2D eigenvalue weighted by molar-refractivity contribution is 7.09. The van der Waals surface area contributed by atoms with Gasteiger partial charge in [-0.25, -0.2) is 0 Å². The summed E-state index contributed by atoms with van der Waals surface area (Å²) in [6.07, 6.45) is 2.10. The molecule has 0 aliphatic carbocycles. The molecule has 3 aromatic rings. The van der Waals surface area contributed by atoms with Gasteiger partial charge >= 0.3 is 0 Å². The molecule has 2 heterocycles. The molecule has 24 heavy (non-hydrogen) atoms. The number of hydrogen-bond acceptors (Lipinski definition) is 3. The van der Waals surface area contributed by atoms with Crippen LogP contribution >= 0.6 is 11.3 Å². The first kappa shape index (κ1) is 15.4. The van der Waals surface area contributed by atoms with Crippen molar-refractivity contribution >= 4 is 11.3 Å². The van der Waals surface area contributed by atoms with E-state index in [0.717, 1.165) is 31.7 Å². The second-order valence-electron chi connectivity index (χ2n) is 6.14. The van der Waals surface area contributed by atoms with Crippen LogP contribution in [0.1, 0.15) is 10.4 Å². The fourth-order valence-corrected chi connectivity index (χ4v) is 3.99. The van der Waals surface area contributed by atoms with Crippen molar-refractivity contribution in [3.8, 4) is 16.9 Å². The van der Waals surface area contributed by atoms with E-state index >= 15 is 0 Å². The number of ether oxygens (including phenoxy) is 1. The van der Waals surface area contributed by atoms with Crippen molar-refractivity contribution in [2.24, 2.45) is 0 Å². The third kappa shape index (κ3) is 3.37. The summed E-state index contributed by atoms with van der Waals surface area (Å²) in [5, 5.41) is 5.80. The zero-order valence-corrected chi connectivity index (χ0v) is 14.4. The van der Waals surface area contributed by atoms with Gasteiger partial charge in [0.1, 0.15) is 12.4 Å². The van der Waals surface area contributed by atoms with Crippen molar-refractivity contribution in [1.82, 2.24) is 5.32 Å². The standard InChI is InChI=1S/C21H21NOS/c1-2-6-16(7-3-1)19-9-4-10-21-20(19)14-17(15-23-21)22-12-11-18-8-5-13-24-18/h1-10,13,17,22H,11-12,14-15H2/t17-/m1/s1. The van der Waals surface area contributed by atoms with Crippen molar-refractivity contribution in [1.29, 1.82) is 0 Å². The largest absolute Gasteiger partial charge is 0.492 e. The highest BCUT2D eigenvalue weighted by Crippen LogP contribution is 2.34. The molecule has 2 aromatic carbocycles. The smallest absolute Gasteiger partial charge is 0.123 e. The normalized spacial score (nSPS) is 16.4. The van der Waals surface area contributed by atoms with E-state index in [0.29, 0.717) is 6.04 Å². The lowest BCUT2D eigenvalue weighted by molar-refractivity contribution is 0.240. The fraction of sp³-hybridized carbons (Fsp3) is 0.238. The maximum absolute atomic E-state index is 6.03. The van der Waals surface area contributed by atoms with Gasteiger partial charge in [0.15, 0.2) is 0 Å². The Morgan fingerprint density at radius 1 is 1.00 bits per heavy atom. The number of nitrogens with one attached hydrogen (secondary N) is 1. The molecule has 1 N–H and O–H groups in total. The molecule has 2 nitrogen and oxygen atoms in total. The van der Waals surface area contributed by atoms with Crippen molar-refractivity contribution in [2.45, 2.75) is 18.9 Å². The minimum Gasteiger partial charge on any atom is -0.492 e. The van der Waals surface area contributed by atoms with Crippen LogP contribution in [0.25, 0.3) is 11.1 Å². The summed E-state index contributed by atoms with van der Waals surface area (Å²) in [5.74, 6) is 1.03. The van der Waals surface area contributed by atoms with E-state index in [1.54, 1.807) is 0 Å². The molecule has 1 atom stereocenters. The summed E-state index contributed by atoms with van der Waals surface area (Å²) in [5.41, 5.74) is 3.87. The van der Waals surface area contributed by atoms with Crippen molar-refractivity contribution < 1.29 is 4.74 Å². The molecule has 122 valence electrons. The summed E-state index contributed by atoms with van der Waals surface area (Å²) >= 11 is 1.83. The Bertz CT molecular complexity index is 783. The van der Waals surface area contributed by atoms with E-state index in [1.807, 2.05) is 11.3 Å². The lowest BCUT2D eigenvalue weighted by atomic mass is 9.93. The van der Waals surface area contributed by atoms with Crippen LogP contribution in [0.5, 0.6) is 5.75 Å². The first-order valence-electron chi connectivity index (χ1n) is 8.46. The molecular weight excluding hydrogens is 314 g/mol. The first-order chi connectivity index (χ1) is 11.9. The van der Waals surface area contributed by atoms with Crippen LogP contribution in [0.2, 0.25) is 0 Å². The van der Waals surface area contributed by atoms with Gasteiger partial charge in [-0.05, 0) is 41.5 Å². The topological polar surface area (TPSA) is 21.3 Å². The maximum Gasteiger partial charge on any atom is 0.123 e. The van der Waals surface area contributed by atoms with Gasteiger partial charge in [0.2, 0.25) is 0 Å². The zero-order chi connectivity index (χ0) is 16.2. The Balaban J connectivity index is 1.47. The van der Waals surface area contributed by atoms with Gasteiger partial charge in [0.25, 0.3) is 0 Å². The van der Waals surface area contributed by atoms with E-state index in [4.69, 9.17) is 4.74 Å². The Hall–Kier alpha value is -2.10. The highest BCUT2D eigenvalue weighted by atomic mass is 32.1. The second-order valence-corrected chi connectivity index (χ2v) is 7.18. The molecule has 1 aromatic heterocycles. The molecule has 0 saturated heterocycles. The molecule has 1 aliphatic rings. The third-order valence-electron chi connectivity index (χ3n) is 4.49. The average molecular weight is 335 g/mol. The van der Waals surface area contributed by atoms with Crippen LogP contribution in [0.15, 0.2) is 66.0 Å². The molecule has 0 fully saturated rings. The predicted octanol–water partition coefficient (Wildman–Crippen LogP) is 4.55. The Morgan fingerprint density at radius 3 is 2.75 bits per heavy atom. The molecule has 0 unspecified atom stereocenters. The van der Waals surface area contributed by atoms with Gasteiger partial charge in [-0.15, -0.1) is 11.3 Å². The van der Waals surface area contributed by atoms with E-state index in [1.165, 1.54) is 21.6 Å². The minimum atomic E-state index is 0.377. The average Bonchev–Trinajstić information content (AvgIpc) is 3.15. The molecule has 0 amide bonds. The van der Waals surface area contributed by atoms with Crippen molar-refractivity contribution in [3.63, 3.8) is 0 Å². The Kier molecular flexibility index (Phi) is 4.63. The van der Waals surface area contributed by atoms with Gasteiger partial charge in [-0.2, -0.15) is 0 Å². The molecule has 0 saturated carbocycles. The second kappa shape index (κ2) is 7.20. The van der Waals surface area contributed by atoms with E-state index in [2.05, 4.69) is 71.4 Å². The highest BCUT2D eigenvalue weighted by Gasteiger charge is 2.22. The Labute approximate surface area is 147 Å². The van der Waals surface area contributed by atoms with Crippen LogP contribution in [0.3, 0.4) is 0 Å². The van der Waals surface area contributed by atoms with Gasteiger partial charge in [0.05, 0.1) is 0 Å². The van der Waals surface area contributed by atoms with E-state index in [-0.39, 0.29) is 0 Å². The van der Waals surface area contributed by atoms with Crippen LogP contribution in [0.4, 0.5) is 0 Å². The number of thiophene rings is 1. The maximum atomic E-state index is 6.03. The van der Waals surface area contributed by atoms with Gasteiger partial charge in [-0.3, -0.25) is 0 Å². The predicted molar refractivity (Wildman–Crippen MR) is 101 cm³/mol. The summed E-state index contributed by atoms with van der Waals surface area (Å²) < 4.78 is 6.03. The number of hydrogen-bond donors (Lipinski definition) is 1. The number of fused-ring (bicyclic) bond motifs is 1. The molecule has 0 radical (unpaired) electrons. The van der Waals surface area contributed by atoms with Crippen LogP contribution < -0.4 is 10.1 Å². The quantitative estimate of drug-likeness (QED) is 0.738. The lowest BCUT2D eigenvalue weighted by Crippen LogP contribution is -2.40. The summed E-state index contributed by atoms with van der Waals surface area (Å²) in [4.78, 5) is 1.43. The summed E-state index contributed by atoms with van der Waals surface area (Å²) in [7, 11) is 0. The van der Waals surface area contributed by atoms with Crippen LogP contribution in [-0.4, -0.2) is 19.2 Å². The minimum absolute atomic E-state index is 0.377. The zero-order valence-electron chi connectivity index (χ0n) is 13.6. The summed E-state index contributed by atoms with van der Waals surface area (Å²) in [6.45, 7) is 1.74. The van der Waals surface area contributed by atoms with E-state index in [9.17, 15) is 0 Å². The fourth-order valence-electron chi connectivity index (χ4n) is 3.28. The SMILES string of the molecule is c1ccc(-c2cccc3c2C[C@@H](NCCc2cccs2)CO3)cc1. The summed E-state index contributed by atoms with van der Waals surface area (Å²) in [6, 6.07) is 21.7. The van der Waals surface area contributed by atoms with Crippen molar-refractivity contribution in [2.75, 3.05) is 13.2 Å². The van der Waals surface area contributed by atoms with E-state index < -0.39 is 0 Å². The van der Waals surface area contributed by atoms with Crippen molar-refractivity contribution in [3.05, 3.63) is 76.5 Å². The molecule has 4 rings (SSSR count). The monoisotopic (exact) mass is 335 g/mol. The molecule has 3 heteroatoms. The molecular formula is C21H21NOS. The van der Waals surface area contributed by atoms with Gasteiger partial charge < -0.3 is 10.1 Å².